The topological polar surface area (TPSA) is 46.5 Å². The van der Waals surface area contributed by atoms with Gasteiger partial charge in [0.15, 0.2) is 0 Å². The van der Waals surface area contributed by atoms with E-state index in [4.69, 9.17) is 9.84 Å². The third-order valence-corrected chi connectivity index (χ3v) is 1.05. The highest BCUT2D eigenvalue weighted by Crippen LogP contribution is 1.93. The average Bonchev–Trinajstić information content (AvgIpc) is 1.86. The Balaban J connectivity index is 3.51. The Morgan fingerprint density at radius 1 is 1.64 bits per heavy atom. The average molecular weight is 158 g/mol. The third-order valence-electron chi connectivity index (χ3n) is 1.05. The van der Waals surface area contributed by atoms with Crippen molar-refractivity contribution in [3.63, 3.8) is 0 Å². The van der Waals surface area contributed by atoms with E-state index in [1.165, 1.54) is 0 Å². The van der Waals surface area contributed by atoms with Crippen molar-refractivity contribution >= 4 is 5.97 Å². The quantitative estimate of drug-likeness (QED) is 0.486. The Bertz CT molecular complexity index is 149. The molecule has 0 unspecified atom stereocenters. The normalized spacial score (nSPS) is 11.6. The predicted octanol–water partition coefficient (Wildman–Crippen LogP) is 1.44. The van der Waals surface area contributed by atoms with Crippen LogP contribution in [0.3, 0.4) is 0 Å². The van der Waals surface area contributed by atoms with Crippen molar-refractivity contribution in [3.8, 4) is 0 Å². The molecule has 0 atom stereocenters. The molecule has 0 amide bonds. The molecule has 0 saturated heterocycles. The Morgan fingerprint density at radius 3 is 2.73 bits per heavy atom. The summed E-state index contributed by atoms with van der Waals surface area (Å²) in [6.07, 6.45) is 2.12. The lowest BCUT2D eigenvalue weighted by molar-refractivity contribution is -0.131. The van der Waals surface area contributed by atoms with Crippen LogP contribution in [-0.2, 0) is 9.53 Å². The van der Waals surface area contributed by atoms with Crippen LogP contribution in [-0.4, -0.2) is 24.3 Å². The van der Waals surface area contributed by atoms with Crippen molar-refractivity contribution in [2.24, 2.45) is 0 Å². The summed E-state index contributed by atoms with van der Waals surface area (Å²) >= 11 is 0. The smallest absolute Gasteiger partial charge is 0.328 e. The number of hydrogen-bond acceptors (Lipinski definition) is 2. The zero-order valence-corrected chi connectivity index (χ0v) is 6.96. The first-order valence-corrected chi connectivity index (χ1v) is 3.64. The summed E-state index contributed by atoms with van der Waals surface area (Å²) in [5.41, 5.74) is 0.742. The Labute approximate surface area is 66.7 Å². The van der Waals surface area contributed by atoms with Crippen LogP contribution in [0.15, 0.2) is 11.6 Å². The molecule has 11 heavy (non-hydrogen) atoms. The lowest BCUT2D eigenvalue weighted by Crippen LogP contribution is -1.99. The molecule has 0 radical (unpaired) electrons. The molecule has 64 valence electrons. The van der Waals surface area contributed by atoms with Gasteiger partial charge in [-0.2, -0.15) is 0 Å². The molecule has 0 rings (SSSR count). The largest absolute Gasteiger partial charge is 0.478 e. The van der Waals surface area contributed by atoms with Crippen LogP contribution in [0.4, 0.5) is 0 Å². The highest BCUT2D eigenvalue weighted by Gasteiger charge is 1.93. The fraction of sp³-hybridized carbons (Fsp3) is 0.625. The maximum atomic E-state index is 10.1. The first-order valence-electron chi connectivity index (χ1n) is 3.64. The molecule has 0 aromatic carbocycles. The lowest BCUT2D eigenvalue weighted by atomic mass is 10.3. The van der Waals surface area contributed by atoms with Crippen LogP contribution in [0, 0.1) is 0 Å². The highest BCUT2D eigenvalue weighted by molar-refractivity contribution is 5.80. The molecule has 3 nitrogen and oxygen atoms in total. The minimum atomic E-state index is -0.914. The Kier molecular flexibility index (Phi) is 5.47. The van der Waals surface area contributed by atoms with Gasteiger partial charge in [-0.05, 0) is 18.9 Å². The van der Waals surface area contributed by atoms with Gasteiger partial charge < -0.3 is 9.84 Å². The summed E-state index contributed by atoms with van der Waals surface area (Å²) in [5, 5.41) is 8.31. The monoisotopic (exact) mass is 158 g/mol. The predicted molar refractivity (Wildman–Crippen MR) is 42.5 cm³/mol. The SMILES string of the molecule is CCCOCC(C)=CC(=O)O. The van der Waals surface area contributed by atoms with Gasteiger partial charge in [-0.1, -0.05) is 6.92 Å². The third kappa shape index (κ3) is 7.06. The first kappa shape index (κ1) is 10.2. The van der Waals surface area contributed by atoms with Gasteiger partial charge in [-0.15, -0.1) is 0 Å². The first-order chi connectivity index (χ1) is 5.16. The number of carboxylic acid groups (broad SMARTS) is 1. The van der Waals surface area contributed by atoms with Gasteiger partial charge in [0, 0.05) is 12.7 Å². The molecule has 0 saturated carbocycles. The molecule has 3 heteroatoms. The van der Waals surface area contributed by atoms with Crippen molar-refractivity contribution < 1.29 is 14.6 Å². The number of ether oxygens (including phenoxy) is 1. The maximum Gasteiger partial charge on any atom is 0.328 e. The van der Waals surface area contributed by atoms with Crippen LogP contribution in [0.2, 0.25) is 0 Å². The number of rotatable bonds is 5. The number of hydrogen-bond donors (Lipinski definition) is 1. The van der Waals surface area contributed by atoms with E-state index in [9.17, 15) is 4.79 Å². The van der Waals surface area contributed by atoms with Crippen LogP contribution in [0.25, 0.3) is 0 Å². The molecule has 0 heterocycles. The van der Waals surface area contributed by atoms with E-state index in [-0.39, 0.29) is 0 Å². The van der Waals surface area contributed by atoms with Gasteiger partial charge in [-0.3, -0.25) is 0 Å². The summed E-state index contributed by atoms with van der Waals surface area (Å²) < 4.78 is 5.11. The molecule has 0 aromatic rings. The standard InChI is InChI=1S/C8H14O3/c1-3-4-11-6-7(2)5-8(9)10/h5H,3-4,6H2,1-2H3,(H,9,10). The zero-order valence-electron chi connectivity index (χ0n) is 6.96. The molecule has 0 fully saturated rings. The Morgan fingerprint density at radius 2 is 2.27 bits per heavy atom. The van der Waals surface area contributed by atoms with Gasteiger partial charge in [-0.25, -0.2) is 4.79 Å². The minimum absolute atomic E-state index is 0.417. The molecule has 1 N–H and O–H groups in total. The second-order valence-corrected chi connectivity index (χ2v) is 2.38. The fourth-order valence-electron chi connectivity index (χ4n) is 0.630. The molecule has 0 aliphatic carbocycles. The van der Waals surface area contributed by atoms with Crippen LogP contribution >= 0.6 is 0 Å². The molecule has 0 aromatic heterocycles. The van der Waals surface area contributed by atoms with Crippen molar-refractivity contribution in [3.05, 3.63) is 11.6 Å². The van der Waals surface area contributed by atoms with E-state index in [1.807, 2.05) is 6.92 Å². The van der Waals surface area contributed by atoms with Gasteiger partial charge in [0.2, 0.25) is 0 Å². The molecular formula is C8H14O3. The van der Waals surface area contributed by atoms with Crippen molar-refractivity contribution in [2.75, 3.05) is 13.2 Å². The molecule has 0 bridgehead atoms. The molecule has 0 aliphatic heterocycles. The fourth-order valence-corrected chi connectivity index (χ4v) is 0.630. The number of carbonyl (C=O) groups is 1. The summed E-state index contributed by atoms with van der Waals surface area (Å²) in [4.78, 5) is 10.1. The summed E-state index contributed by atoms with van der Waals surface area (Å²) in [7, 11) is 0. The van der Waals surface area contributed by atoms with Gasteiger partial charge in [0.25, 0.3) is 0 Å². The van der Waals surface area contributed by atoms with E-state index in [2.05, 4.69) is 0 Å². The second kappa shape index (κ2) is 5.92. The van der Waals surface area contributed by atoms with E-state index in [0.717, 1.165) is 18.1 Å². The van der Waals surface area contributed by atoms with Gasteiger partial charge in [0.1, 0.15) is 0 Å². The lowest BCUT2D eigenvalue weighted by Gasteiger charge is -2.00. The molecule has 0 spiro atoms. The van der Waals surface area contributed by atoms with Crippen molar-refractivity contribution in [1.82, 2.24) is 0 Å². The van der Waals surface area contributed by atoms with Crippen molar-refractivity contribution in [1.29, 1.82) is 0 Å². The van der Waals surface area contributed by atoms with Crippen LogP contribution in [0.5, 0.6) is 0 Å². The number of carboxylic acids is 1. The highest BCUT2D eigenvalue weighted by atomic mass is 16.5. The maximum absolute atomic E-state index is 10.1. The van der Waals surface area contributed by atoms with E-state index >= 15 is 0 Å². The minimum Gasteiger partial charge on any atom is -0.478 e. The van der Waals surface area contributed by atoms with E-state index < -0.39 is 5.97 Å². The Hall–Kier alpha value is -0.830. The van der Waals surface area contributed by atoms with Gasteiger partial charge >= 0.3 is 5.97 Å². The molecule has 0 aliphatic rings. The summed E-state index contributed by atoms with van der Waals surface area (Å²) in [6, 6.07) is 0. The van der Waals surface area contributed by atoms with Gasteiger partial charge in [0.05, 0.1) is 6.61 Å². The number of aliphatic carboxylic acids is 1. The van der Waals surface area contributed by atoms with Crippen LogP contribution < -0.4 is 0 Å². The van der Waals surface area contributed by atoms with E-state index in [1.54, 1.807) is 6.92 Å². The van der Waals surface area contributed by atoms with Crippen molar-refractivity contribution in [2.45, 2.75) is 20.3 Å². The van der Waals surface area contributed by atoms with Crippen LogP contribution in [0.1, 0.15) is 20.3 Å². The zero-order chi connectivity index (χ0) is 8.69. The summed E-state index contributed by atoms with van der Waals surface area (Å²) in [5.74, 6) is -0.914. The second-order valence-electron chi connectivity index (χ2n) is 2.38. The summed E-state index contributed by atoms with van der Waals surface area (Å²) in [6.45, 7) is 4.85. The molecular weight excluding hydrogens is 144 g/mol. The van der Waals surface area contributed by atoms with E-state index in [0.29, 0.717) is 13.2 Å².